The molecule has 0 spiro atoms. The Morgan fingerprint density at radius 3 is 2.50 bits per heavy atom. The molecular formula is C12H16N2O2. The predicted octanol–water partition coefficient (Wildman–Crippen LogP) is 0.609. The molecule has 0 radical (unpaired) electrons. The Labute approximate surface area is 94.8 Å². The molecule has 16 heavy (non-hydrogen) atoms. The summed E-state index contributed by atoms with van der Waals surface area (Å²) in [4.78, 5) is 21.9. The van der Waals surface area contributed by atoms with E-state index in [4.69, 9.17) is 5.73 Å². The summed E-state index contributed by atoms with van der Waals surface area (Å²) in [6.45, 7) is 1.38. The van der Waals surface area contributed by atoms with Crippen molar-refractivity contribution in [2.45, 2.75) is 25.9 Å². The molecule has 1 aromatic carbocycles. The van der Waals surface area contributed by atoms with Crippen molar-refractivity contribution >= 4 is 11.7 Å². The number of ketones is 1. The van der Waals surface area contributed by atoms with Crippen molar-refractivity contribution in [2.24, 2.45) is 5.73 Å². The van der Waals surface area contributed by atoms with Gasteiger partial charge in [-0.25, -0.2) is 0 Å². The first-order chi connectivity index (χ1) is 7.58. The third-order valence-electron chi connectivity index (χ3n) is 2.05. The third kappa shape index (κ3) is 4.70. The molecule has 0 aliphatic rings. The molecule has 4 nitrogen and oxygen atoms in total. The zero-order valence-electron chi connectivity index (χ0n) is 9.27. The first kappa shape index (κ1) is 12.4. The van der Waals surface area contributed by atoms with Crippen LogP contribution in [0.5, 0.6) is 0 Å². The summed E-state index contributed by atoms with van der Waals surface area (Å²) in [5, 5.41) is 2.58. The number of nitrogens with two attached hydrogens (primary N) is 1. The Kier molecular flexibility index (Phi) is 4.66. The van der Waals surface area contributed by atoms with E-state index in [1.54, 1.807) is 0 Å². The number of hydrogen-bond acceptors (Lipinski definition) is 3. The summed E-state index contributed by atoms with van der Waals surface area (Å²) >= 11 is 0. The van der Waals surface area contributed by atoms with Crippen LogP contribution in [0.2, 0.25) is 0 Å². The lowest BCUT2D eigenvalue weighted by atomic mass is 10.1. The van der Waals surface area contributed by atoms with E-state index in [1.807, 2.05) is 30.3 Å². The van der Waals surface area contributed by atoms with E-state index in [0.29, 0.717) is 6.42 Å². The summed E-state index contributed by atoms with van der Waals surface area (Å²) in [5.74, 6) is -0.486. The van der Waals surface area contributed by atoms with Crippen LogP contribution in [0.3, 0.4) is 0 Å². The maximum Gasteiger partial charge on any atom is 0.228 e. The van der Waals surface area contributed by atoms with E-state index >= 15 is 0 Å². The SMILES string of the molecule is CC(=O)CC(=O)N[C@@H](N)Cc1ccccc1. The molecule has 0 unspecified atom stereocenters. The van der Waals surface area contributed by atoms with Gasteiger partial charge in [0.2, 0.25) is 5.91 Å². The van der Waals surface area contributed by atoms with Gasteiger partial charge in [-0.1, -0.05) is 30.3 Å². The highest BCUT2D eigenvalue weighted by Gasteiger charge is 2.09. The van der Waals surface area contributed by atoms with Gasteiger partial charge >= 0.3 is 0 Å². The molecule has 4 heteroatoms. The Balaban J connectivity index is 2.39. The lowest BCUT2D eigenvalue weighted by molar-refractivity contribution is -0.127. The van der Waals surface area contributed by atoms with Gasteiger partial charge in [-0.05, 0) is 12.5 Å². The molecule has 1 aromatic rings. The van der Waals surface area contributed by atoms with E-state index < -0.39 is 6.17 Å². The van der Waals surface area contributed by atoms with Gasteiger partial charge in [0.25, 0.3) is 0 Å². The number of hydrogen-bond donors (Lipinski definition) is 2. The van der Waals surface area contributed by atoms with Gasteiger partial charge in [0.05, 0.1) is 12.6 Å². The normalized spacial score (nSPS) is 11.9. The van der Waals surface area contributed by atoms with Crippen molar-refractivity contribution in [3.8, 4) is 0 Å². The Hall–Kier alpha value is -1.68. The summed E-state index contributed by atoms with van der Waals surface area (Å²) in [5.41, 5.74) is 6.79. The van der Waals surface area contributed by atoms with Crippen LogP contribution in [-0.2, 0) is 16.0 Å². The summed E-state index contributed by atoms with van der Waals surface area (Å²) in [6, 6.07) is 9.64. The molecule has 1 atom stereocenters. The monoisotopic (exact) mass is 220 g/mol. The third-order valence-corrected chi connectivity index (χ3v) is 2.05. The van der Waals surface area contributed by atoms with Crippen molar-refractivity contribution in [1.29, 1.82) is 0 Å². The van der Waals surface area contributed by atoms with Crippen LogP contribution in [0.4, 0.5) is 0 Å². The molecule has 0 saturated heterocycles. The van der Waals surface area contributed by atoms with E-state index in [9.17, 15) is 9.59 Å². The molecule has 0 heterocycles. The molecule has 0 aromatic heterocycles. The molecule has 0 fully saturated rings. The number of nitrogens with one attached hydrogen (secondary N) is 1. The second-order valence-electron chi connectivity index (χ2n) is 3.74. The first-order valence-corrected chi connectivity index (χ1v) is 5.16. The van der Waals surface area contributed by atoms with Crippen LogP contribution in [0.25, 0.3) is 0 Å². The van der Waals surface area contributed by atoms with Gasteiger partial charge in [0, 0.05) is 6.42 Å². The lowest BCUT2D eigenvalue weighted by Gasteiger charge is -2.13. The lowest BCUT2D eigenvalue weighted by Crippen LogP contribution is -2.43. The van der Waals surface area contributed by atoms with Crippen molar-refractivity contribution < 1.29 is 9.59 Å². The van der Waals surface area contributed by atoms with Gasteiger partial charge in [-0.3, -0.25) is 9.59 Å². The number of rotatable bonds is 5. The molecule has 1 amide bonds. The minimum Gasteiger partial charge on any atom is -0.340 e. The molecule has 0 aliphatic carbocycles. The van der Waals surface area contributed by atoms with Crippen LogP contribution in [-0.4, -0.2) is 17.9 Å². The molecular weight excluding hydrogens is 204 g/mol. The van der Waals surface area contributed by atoms with Crippen molar-refractivity contribution in [2.75, 3.05) is 0 Å². The average Bonchev–Trinajstić information content (AvgIpc) is 2.17. The molecule has 0 saturated carbocycles. The molecule has 86 valence electrons. The topological polar surface area (TPSA) is 72.2 Å². The summed E-state index contributed by atoms with van der Waals surface area (Å²) in [7, 11) is 0. The summed E-state index contributed by atoms with van der Waals surface area (Å²) in [6.07, 6.45) is 0.00160. The second-order valence-corrected chi connectivity index (χ2v) is 3.74. The molecule has 1 rings (SSSR count). The van der Waals surface area contributed by atoms with E-state index in [-0.39, 0.29) is 18.1 Å². The molecule has 3 N–H and O–H groups in total. The quantitative estimate of drug-likeness (QED) is 0.564. The van der Waals surface area contributed by atoms with Gasteiger partial charge in [0.1, 0.15) is 5.78 Å². The van der Waals surface area contributed by atoms with E-state index in [1.165, 1.54) is 6.92 Å². The number of carbonyl (C=O) groups is 2. The highest BCUT2D eigenvalue weighted by molar-refractivity contribution is 5.96. The predicted molar refractivity (Wildman–Crippen MR) is 61.6 cm³/mol. The van der Waals surface area contributed by atoms with Gasteiger partial charge in [0.15, 0.2) is 0 Å². The maximum absolute atomic E-state index is 11.2. The van der Waals surface area contributed by atoms with Gasteiger partial charge in [-0.15, -0.1) is 0 Å². The van der Waals surface area contributed by atoms with E-state index in [0.717, 1.165) is 5.56 Å². The highest BCUT2D eigenvalue weighted by atomic mass is 16.2. The van der Waals surface area contributed by atoms with Crippen molar-refractivity contribution in [3.63, 3.8) is 0 Å². The fourth-order valence-corrected chi connectivity index (χ4v) is 1.40. The van der Waals surface area contributed by atoms with Crippen LogP contribution in [0, 0.1) is 0 Å². The average molecular weight is 220 g/mol. The number of benzene rings is 1. The van der Waals surface area contributed by atoms with Crippen molar-refractivity contribution in [1.82, 2.24) is 5.32 Å². The van der Waals surface area contributed by atoms with Crippen LogP contribution < -0.4 is 11.1 Å². The molecule has 0 bridgehead atoms. The number of carbonyl (C=O) groups excluding carboxylic acids is 2. The minimum atomic E-state index is -0.450. The second kappa shape index (κ2) is 6.02. The zero-order chi connectivity index (χ0) is 12.0. The number of Topliss-reactive ketones (excluding diaryl/α,β-unsaturated/α-hetero) is 1. The smallest absolute Gasteiger partial charge is 0.228 e. The fraction of sp³-hybridized carbons (Fsp3) is 0.333. The molecule has 0 aliphatic heterocycles. The van der Waals surface area contributed by atoms with Crippen molar-refractivity contribution in [3.05, 3.63) is 35.9 Å². The van der Waals surface area contributed by atoms with Crippen LogP contribution >= 0.6 is 0 Å². The van der Waals surface area contributed by atoms with Gasteiger partial charge in [-0.2, -0.15) is 0 Å². The standard InChI is InChI=1S/C12H16N2O2/c1-9(15)7-12(16)14-11(13)8-10-5-3-2-4-6-10/h2-6,11H,7-8,13H2,1H3,(H,14,16)/t11-/m1/s1. The van der Waals surface area contributed by atoms with Gasteiger partial charge < -0.3 is 11.1 Å². The Morgan fingerprint density at radius 1 is 1.31 bits per heavy atom. The Morgan fingerprint density at radius 2 is 1.94 bits per heavy atom. The number of amides is 1. The fourth-order valence-electron chi connectivity index (χ4n) is 1.40. The van der Waals surface area contributed by atoms with Crippen LogP contribution in [0.15, 0.2) is 30.3 Å². The largest absolute Gasteiger partial charge is 0.340 e. The first-order valence-electron chi connectivity index (χ1n) is 5.16. The highest BCUT2D eigenvalue weighted by Crippen LogP contribution is 2.00. The summed E-state index contributed by atoms with van der Waals surface area (Å²) < 4.78 is 0. The Bertz CT molecular complexity index is 363. The minimum absolute atomic E-state index is 0.109. The zero-order valence-corrected chi connectivity index (χ0v) is 9.27. The maximum atomic E-state index is 11.2. The van der Waals surface area contributed by atoms with E-state index in [2.05, 4.69) is 5.32 Å². The van der Waals surface area contributed by atoms with Crippen LogP contribution in [0.1, 0.15) is 18.9 Å².